The number of guanidine groups is 3. The van der Waals surface area contributed by atoms with Gasteiger partial charge in [-0.1, -0.05) is 194 Å². The summed E-state index contributed by atoms with van der Waals surface area (Å²) in [5, 5.41) is 14.9. The van der Waals surface area contributed by atoms with Crippen LogP contribution in [0.2, 0.25) is 0 Å². The molecule has 27 heteroatoms. The summed E-state index contributed by atoms with van der Waals surface area (Å²) in [6.45, 7) is 22.3. The largest absolute Gasteiger partial charge is 1.00 e. The van der Waals surface area contributed by atoms with Gasteiger partial charge in [0.2, 0.25) is 11.9 Å². The molecule has 7 aromatic carbocycles. The van der Waals surface area contributed by atoms with Gasteiger partial charge in [0.1, 0.15) is 23.4 Å². The van der Waals surface area contributed by atoms with Gasteiger partial charge in [0, 0.05) is 142 Å². The molecule has 0 saturated carbocycles. The Labute approximate surface area is 709 Å². The maximum absolute atomic E-state index is 13.5. The van der Waals surface area contributed by atoms with Crippen molar-refractivity contribution in [1.82, 2.24) is 49.8 Å². The Hall–Kier alpha value is -9.70. The number of benzene rings is 7. The van der Waals surface area contributed by atoms with Crippen molar-refractivity contribution in [3.63, 3.8) is 0 Å². The molecule has 0 aliphatic carbocycles. The van der Waals surface area contributed by atoms with Gasteiger partial charge in [0.25, 0.3) is 18.3 Å². The average molecular weight is 1610 g/mol. The molecule has 115 heavy (non-hydrogen) atoms. The molecular formula is C88H104Cl2N13NaO11. The maximum Gasteiger partial charge on any atom is 1.00 e. The smallest absolute Gasteiger partial charge is 0.662 e. The number of amides is 2. The van der Waals surface area contributed by atoms with Crippen molar-refractivity contribution in [3.8, 4) is 0 Å². The Bertz CT molecular complexity index is 4300. The van der Waals surface area contributed by atoms with Crippen molar-refractivity contribution in [2.24, 2.45) is 26.8 Å². The number of halogens is 2. The number of nitrogens with zero attached hydrogens (tertiary/aromatic N) is 11. The van der Waals surface area contributed by atoms with Gasteiger partial charge in [-0.25, -0.2) is 0 Å². The van der Waals surface area contributed by atoms with Gasteiger partial charge < -0.3 is 40.1 Å². The third-order valence-corrected chi connectivity index (χ3v) is 21.1. The molecule has 2 N–H and O–H groups in total. The molecule has 0 spiro atoms. The zero-order valence-corrected chi connectivity index (χ0v) is 70.2. The summed E-state index contributed by atoms with van der Waals surface area (Å²) in [5.41, 5.74) is 16.6. The first-order chi connectivity index (χ1) is 54.6. The van der Waals surface area contributed by atoms with Crippen LogP contribution < -0.4 is 45.4 Å². The van der Waals surface area contributed by atoms with Crippen LogP contribution in [0.15, 0.2) is 232 Å². The van der Waals surface area contributed by atoms with Crippen LogP contribution in [0.25, 0.3) is 0 Å². The average Bonchev–Trinajstić information content (AvgIpc) is 1.51. The number of piperidine rings is 2. The standard InChI is InChI=1S/2C24H26N4O.2C14H17NO3.C11H15N3.CH2O3.2ClH.Na/c2*1-18-7-5-6-10-20(18)16-28-23(29)21-17-26(15-19-8-3-2-4-9-19)13-11-22(21)27-14-12-25-24(27)28;2*1-18-14(17)12-10-15(8-7-13(12)16)9-11-5-3-2-4-6-11;1-9-4-2-3-5-10(9)8-14-11-12-6-7-13-11;2-1-4-3;;;/h2*2-10H,11-17H2,1H3;2*2-6,12H,7-10H2,1H3;2-5H,6-8H2,1H3,(H2,12,13,14);1,3H;2*1H;/q;;;;;;;;+1/p-1. The number of esters is 2. The second-order valence-electron chi connectivity index (χ2n) is 28.7. The topological polar surface area (TPSA) is 257 Å². The molecule has 602 valence electrons. The van der Waals surface area contributed by atoms with Gasteiger partial charge in [0.05, 0.1) is 58.1 Å². The predicted molar refractivity (Wildman–Crippen MR) is 442 cm³/mol. The molecule has 9 aliphatic rings. The molecule has 2 unspecified atom stereocenters. The van der Waals surface area contributed by atoms with Crippen LogP contribution >= 0.6 is 24.8 Å². The van der Waals surface area contributed by atoms with E-state index < -0.39 is 23.8 Å². The SMILES string of the molecule is COC(=O)C1CN(Cc2ccccc2)CCC1=O.COC(=O)C1CN(Cc2ccccc2)CCC1=O.Cc1ccccc1CN1C(=O)C2=C(CCN(Cc3ccccc3)C2)N2CCN=C12.Cc1ccccc1CN1C(=O)C2=C(CCN(Cc3ccccc3)C2)N2CCN=C12.Cc1ccccc1CNC1=NCCN1.Cl.Cl.O=CO[O-].[Na+]. The first kappa shape index (κ1) is 90.8. The summed E-state index contributed by atoms with van der Waals surface area (Å²) in [7, 11) is 2.65. The van der Waals surface area contributed by atoms with Crippen molar-refractivity contribution in [2.45, 2.75) is 92.3 Å². The normalized spacial score (nSPS) is 18.2. The van der Waals surface area contributed by atoms with Gasteiger partial charge in [-0.15, -0.1) is 24.8 Å². The van der Waals surface area contributed by atoms with Gasteiger partial charge in [0.15, 0.2) is 5.96 Å². The van der Waals surface area contributed by atoms with E-state index in [-0.39, 0.29) is 84.2 Å². The van der Waals surface area contributed by atoms with Crippen molar-refractivity contribution >= 4 is 84.5 Å². The van der Waals surface area contributed by atoms with Gasteiger partial charge >= 0.3 is 41.5 Å². The number of hydrogen-bond acceptors (Lipinski definition) is 22. The van der Waals surface area contributed by atoms with Gasteiger partial charge in [-0.3, -0.25) is 77.9 Å². The fourth-order valence-electron chi connectivity index (χ4n) is 15.1. The van der Waals surface area contributed by atoms with E-state index in [2.05, 4.69) is 177 Å². The van der Waals surface area contributed by atoms with Crippen LogP contribution in [0.3, 0.4) is 0 Å². The number of ether oxygens (including phenoxy) is 2. The molecule has 24 nitrogen and oxygen atoms in total. The predicted octanol–water partition coefficient (Wildman–Crippen LogP) is 6.16. The molecule has 16 rings (SSSR count). The molecule has 2 atom stereocenters. The van der Waals surface area contributed by atoms with Crippen LogP contribution in [0.1, 0.15) is 81.3 Å². The van der Waals surface area contributed by atoms with Crippen molar-refractivity contribution in [3.05, 3.63) is 272 Å². The Kier molecular flexibility index (Phi) is 36.4. The molecule has 0 bridgehead atoms. The van der Waals surface area contributed by atoms with Crippen molar-refractivity contribution in [1.29, 1.82) is 0 Å². The molecule has 9 aliphatic heterocycles. The molecule has 2 saturated heterocycles. The first-order valence-electron chi connectivity index (χ1n) is 38.5. The fourth-order valence-corrected chi connectivity index (χ4v) is 15.1. The molecule has 7 aromatic rings. The third kappa shape index (κ3) is 25.2. The van der Waals surface area contributed by atoms with Gasteiger partial charge in [-0.2, -0.15) is 0 Å². The molecule has 0 aromatic heterocycles. The van der Waals surface area contributed by atoms with E-state index in [4.69, 9.17) is 20.0 Å². The summed E-state index contributed by atoms with van der Waals surface area (Å²) < 4.78 is 9.34. The van der Waals surface area contributed by atoms with Crippen LogP contribution in [0.4, 0.5) is 0 Å². The monoisotopic (exact) mass is 1610 g/mol. The molecule has 2 amide bonds. The number of ketones is 2. The van der Waals surface area contributed by atoms with E-state index in [0.29, 0.717) is 65.2 Å². The zero-order chi connectivity index (χ0) is 78.7. The van der Waals surface area contributed by atoms with Crippen LogP contribution in [0.5, 0.6) is 0 Å². The van der Waals surface area contributed by atoms with E-state index in [1.165, 1.54) is 81.2 Å². The number of aryl methyl sites for hydroxylation is 3. The van der Waals surface area contributed by atoms with Gasteiger partial charge in [-0.05, 0) is 76.4 Å². The summed E-state index contributed by atoms with van der Waals surface area (Å²) >= 11 is 0. The summed E-state index contributed by atoms with van der Waals surface area (Å²) in [6, 6.07) is 66.1. The number of Topliss-reactive ketones (excluding diaryl/α,β-unsaturated/α-hetero) is 2. The number of methoxy groups -OCH3 is 2. The summed E-state index contributed by atoms with van der Waals surface area (Å²) in [5.74, 6) is 0.763. The summed E-state index contributed by atoms with van der Waals surface area (Å²) in [6.07, 6.45) is 2.66. The minimum atomic E-state index is -0.618. The second-order valence-corrected chi connectivity index (χ2v) is 28.7. The van der Waals surface area contributed by atoms with Crippen LogP contribution in [-0.2, 0) is 93.7 Å². The number of hydrogen-bond donors (Lipinski definition) is 2. The summed E-state index contributed by atoms with van der Waals surface area (Å²) in [4.78, 5) is 116. The fraction of sp³-hybridized carbons (Fsp3) is 0.364. The Morgan fingerprint density at radius 2 is 0.800 bits per heavy atom. The van der Waals surface area contributed by atoms with E-state index in [1.54, 1.807) is 0 Å². The number of rotatable bonds is 17. The molecule has 0 radical (unpaired) electrons. The number of carbonyl (C=O) groups excluding carboxylic acids is 7. The number of aliphatic imine (C=N–C) groups is 3. The van der Waals surface area contributed by atoms with E-state index in [1.807, 2.05) is 107 Å². The number of carbonyl (C=O) groups is 7. The Morgan fingerprint density at radius 1 is 0.461 bits per heavy atom. The van der Waals surface area contributed by atoms with E-state index in [0.717, 1.165) is 127 Å². The van der Waals surface area contributed by atoms with Crippen LogP contribution in [-0.4, -0.2) is 205 Å². The molecule has 2 fully saturated rings. The minimum absolute atomic E-state index is 0. The molecule has 9 heterocycles. The molecular weight excluding hydrogens is 1510 g/mol. The first-order valence-corrected chi connectivity index (χ1v) is 38.5. The maximum atomic E-state index is 13.5. The Morgan fingerprint density at radius 3 is 1.14 bits per heavy atom. The third-order valence-electron chi connectivity index (χ3n) is 21.1. The van der Waals surface area contributed by atoms with Crippen molar-refractivity contribution in [2.75, 3.05) is 106 Å². The Balaban J connectivity index is 0.000000181. The number of fused-ring (bicyclic) bond motifs is 4. The van der Waals surface area contributed by atoms with E-state index >= 15 is 0 Å². The zero-order valence-electron chi connectivity index (χ0n) is 66.6. The van der Waals surface area contributed by atoms with E-state index in [9.17, 15) is 28.8 Å². The number of nitrogens with one attached hydrogen (secondary N) is 2. The minimum Gasteiger partial charge on any atom is -0.662 e. The van der Waals surface area contributed by atoms with Crippen LogP contribution in [0, 0.1) is 32.6 Å². The second kappa shape index (κ2) is 46.1. The number of likely N-dealkylation sites (tertiary alicyclic amines) is 2. The van der Waals surface area contributed by atoms with Crippen molar-refractivity contribution < 1.29 is 82.7 Å². The quantitative estimate of drug-likeness (QED) is 0.0258.